The van der Waals surface area contributed by atoms with Crippen LogP contribution in [0.5, 0.6) is 0 Å². The molecule has 25 heavy (non-hydrogen) atoms. The molecule has 0 saturated carbocycles. The Kier molecular flexibility index (Phi) is 6.18. The molecule has 1 N–H and O–H groups in total. The fourth-order valence-corrected chi connectivity index (χ4v) is 3.38. The lowest BCUT2D eigenvalue weighted by Crippen LogP contribution is -2.43. The smallest absolute Gasteiger partial charge is 0.224 e. The third-order valence-corrected chi connectivity index (χ3v) is 4.75. The van der Waals surface area contributed by atoms with Crippen LogP contribution in [0.2, 0.25) is 0 Å². The van der Waals surface area contributed by atoms with E-state index in [4.69, 9.17) is 0 Å². The van der Waals surface area contributed by atoms with E-state index in [1.807, 2.05) is 30.3 Å². The van der Waals surface area contributed by atoms with Gasteiger partial charge in [0, 0.05) is 19.6 Å². The van der Waals surface area contributed by atoms with E-state index in [0.29, 0.717) is 6.54 Å². The SMILES string of the molecule is O=C(NCCc1ccccc1)[C@H]1CCCN(Cc2ccc(F)cc2)C1. The molecule has 2 aromatic carbocycles. The van der Waals surface area contributed by atoms with Crippen molar-refractivity contribution < 1.29 is 9.18 Å². The molecule has 1 atom stereocenters. The lowest BCUT2D eigenvalue weighted by Gasteiger charge is -2.32. The molecule has 1 aliphatic rings. The molecule has 3 rings (SSSR count). The van der Waals surface area contributed by atoms with Crippen molar-refractivity contribution in [3.8, 4) is 0 Å². The highest BCUT2D eigenvalue weighted by Crippen LogP contribution is 2.19. The van der Waals surface area contributed by atoms with Gasteiger partial charge in [-0.1, -0.05) is 42.5 Å². The second kappa shape index (κ2) is 8.77. The molecule has 1 aliphatic heterocycles. The number of nitrogens with one attached hydrogen (secondary N) is 1. The summed E-state index contributed by atoms with van der Waals surface area (Å²) >= 11 is 0. The lowest BCUT2D eigenvalue weighted by atomic mass is 9.96. The van der Waals surface area contributed by atoms with Crippen LogP contribution in [0.3, 0.4) is 0 Å². The number of likely N-dealkylation sites (tertiary alicyclic amines) is 1. The Bertz CT molecular complexity index is 672. The van der Waals surface area contributed by atoms with Gasteiger partial charge < -0.3 is 5.32 Å². The van der Waals surface area contributed by atoms with Crippen molar-refractivity contribution in [1.29, 1.82) is 0 Å². The van der Waals surface area contributed by atoms with Gasteiger partial charge in [-0.25, -0.2) is 4.39 Å². The second-order valence-electron chi connectivity index (χ2n) is 6.73. The molecule has 0 spiro atoms. The summed E-state index contributed by atoms with van der Waals surface area (Å²) in [5.41, 5.74) is 2.33. The zero-order chi connectivity index (χ0) is 17.5. The molecule has 4 heteroatoms. The molecule has 0 aliphatic carbocycles. The number of carbonyl (C=O) groups is 1. The number of benzene rings is 2. The van der Waals surface area contributed by atoms with E-state index >= 15 is 0 Å². The highest BCUT2D eigenvalue weighted by molar-refractivity contribution is 5.78. The summed E-state index contributed by atoms with van der Waals surface area (Å²) in [5.74, 6) is -0.0113. The first-order valence-electron chi connectivity index (χ1n) is 8.99. The van der Waals surface area contributed by atoms with E-state index in [9.17, 15) is 9.18 Å². The number of hydrogen-bond acceptors (Lipinski definition) is 2. The number of piperidine rings is 1. The Morgan fingerprint density at radius 2 is 1.84 bits per heavy atom. The third-order valence-electron chi connectivity index (χ3n) is 4.75. The molecule has 0 radical (unpaired) electrons. The zero-order valence-corrected chi connectivity index (χ0v) is 14.5. The molecular weight excluding hydrogens is 315 g/mol. The molecule has 132 valence electrons. The normalized spacial score (nSPS) is 18.0. The van der Waals surface area contributed by atoms with Crippen molar-refractivity contribution in [2.75, 3.05) is 19.6 Å². The number of rotatable bonds is 6. The van der Waals surface area contributed by atoms with Crippen LogP contribution in [0, 0.1) is 11.7 Å². The van der Waals surface area contributed by atoms with Crippen molar-refractivity contribution in [2.45, 2.75) is 25.8 Å². The molecule has 0 bridgehead atoms. The van der Waals surface area contributed by atoms with Crippen molar-refractivity contribution in [3.63, 3.8) is 0 Å². The largest absolute Gasteiger partial charge is 0.355 e. The van der Waals surface area contributed by atoms with Gasteiger partial charge in [-0.3, -0.25) is 9.69 Å². The summed E-state index contributed by atoms with van der Waals surface area (Å²) in [4.78, 5) is 14.7. The average molecular weight is 340 g/mol. The first kappa shape index (κ1) is 17.6. The summed E-state index contributed by atoms with van der Waals surface area (Å²) in [7, 11) is 0. The number of carbonyl (C=O) groups excluding carboxylic acids is 1. The monoisotopic (exact) mass is 340 g/mol. The number of nitrogens with zero attached hydrogens (tertiary/aromatic N) is 1. The van der Waals surface area contributed by atoms with Crippen LogP contribution in [-0.2, 0) is 17.8 Å². The fourth-order valence-electron chi connectivity index (χ4n) is 3.38. The minimum Gasteiger partial charge on any atom is -0.355 e. The van der Waals surface area contributed by atoms with E-state index in [1.54, 1.807) is 0 Å². The predicted molar refractivity (Wildman–Crippen MR) is 97.6 cm³/mol. The van der Waals surface area contributed by atoms with Crippen LogP contribution in [0.1, 0.15) is 24.0 Å². The molecule has 1 heterocycles. The van der Waals surface area contributed by atoms with Gasteiger partial charge in [0.1, 0.15) is 5.82 Å². The van der Waals surface area contributed by atoms with Crippen molar-refractivity contribution in [3.05, 3.63) is 71.5 Å². The van der Waals surface area contributed by atoms with Crippen LogP contribution in [0.4, 0.5) is 4.39 Å². The van der Waals surface area contributed by atoms with Crippen molar-refractivity contribution in [2.24, 2.45) is 5.92 Å². The molecule has 1 amide bonds. The zero-order valence-electron chi connectivity index (χ0n) is 14.5. The molecule has 0 unspecified atom stereocenters. The van der Waals surface area contributed by atoms with E-state index in [2.05, 4.69) is 22.3 Å². The first-order valence-corrected chi connectivity index (χ1v) is 8.99. The van der Waals surface area contributed by atoms with Crippen LogP contribution in [0.25, 0.3) is 0 Å². The topological polar surface area (TPSA) is 32.3 Å². The molecule has 3 nitrogen and oxygen atoms in total. The summed E-state index contributed by atoms with van der Waals surface area (Å²) in [5, 5.41) is 3.08. The van der Waals surface area contributed by atoms with Crippen LogP contribution >= 0.6 is 0 Å². The van der Waals surface area contributed by atoms with E-state index in [-0.39, 0.29) is 17.6 Å². The van der Waals surface area contributed by atoms with Gasteiger partial charge in [0.15, 0.2) is 0 Å². The van der Waals surface area contributed by atoms with Gasteiger partial charge in [0.25, 0.3) is 0 Å². The summed E-state index contributed by atoms with van der Waals surface area (Å²) in [6, 6.07) is 16.8. The molecule has 2 aromatic rings. The summed E-state index contributed by atoms with van der Waals surface area (Å²) < 4.78 is 13.0. The molecule has 1 saturated heterocycles. The number of halogens is 1. The van der Waals surface area contributed by atoms with Crippen molar-refractivity contribution in [1.82, 2.24) is 10.2 Å². The molecule has 0 aromatic heterocycles. The summed E-state index contributed by atoms with van der Waals surface area (Å²) in [6.07, 6.45) is 2.83. The molecular formula is C21H25FN2O. The van der Waals surface area contributed by atoms with Crippen LogP contribution < -0.4 is 5.32 Å². The predicted octanol–water partition coefficient (Wildman–Crippen LogP) is 3.40. The highest BCUT2D eigenvalue weighted by Gasteiger charge is 2.25. The number of amides is 1. The standard InChI is InChI=1S/C21H25FN2O/c22-20-10-8-18(9-11-20)15-24-14-4-7-19(16-24)21(25)23-13-12-17-5-2-1-3-6-17/h1-3,5-6,8-11,19H,4,7,12-16H2,(H,23,25)/t19-/m0/s1. The van der Waals surface area contributed by atoms with Gasteiger partial charge in [-0.05, 0) is 49.1 Å². The van der Waals surface area contributed by atoms with Crippen molar-refractivity contribution >= 4 is 5.91 Å². The van der Waals surface area contributed by atoms with E-state index in [1.165, 1.54) is 17.7 Å². The Morgan fingerprint density at radius 3 is 2.60 bits per heavy atom. The summed E-state index contributed by atoms with van der Waals surface area (Å²) in [6.45, 7) is 3.21. The van der Waals surface area contributed by atoms with Crippen LogP contribution in [0.15, 0.2) is 54.6 Å². The quantitative estimate of drug-likeness (QED) is 0.874. The Labute approximate surface area is 148 Å². The van der Waals surface area contributed by atoms with Gasteiger partial charge in [-0.15, -0.1) is 0 Å². The maximum absolute atomic E-state index is 13.0. The Balaban J connectivity index is 1.45. The van der Waals surface area contributed by atoms with Gasteiger partial charge in [-0.2, -0.15) is 0 Å². The van der Waals surface area contributed by atoms with Gasteiger partial charge in [0.05, 0.1) is 5.92 Å². The van der Waals surface area contributed by atoms with Crippen LogP contribution in [-0.4, -0.2) is 30.4 Å². The third kappa shape index (κ3) is 5.40. The van der Waals surface area contributed by atoms with Gasteiger partial charge >= 0.3 is 0 Å². The van der Waals surface area contributed by atoms with E-state index < -0.39 is 0 Å². The second-order valence-corrected chi connectivity index (χ2v) is 6.73. The van der Waals surface area contributed by atoms with Gasteiger partial charge in [0.2, 0.25) is 5.91 Å². The molecule has 1 fully saturated rings. The van der Waals surface area contributed by atoms with E-state index in [0.717, 1.165) is 44.5 Å². The minimum atomic E-state index is -0.210. The number of hydrogen-bond donors (Lipinski definition) is 1. The maximum atomic E-state index is 13.0. The fraction of sp³-hybridized carbons (Fsp3) is 0.381. The highest BCUT2D eigenvalue weighted by atomic mass is 19.1. The first-order chi connectivity index (χ1) is 12.2. The average Bonchev–Trinajstić information content (AvgIpc) is 2.65. The lowest BCUT2D eigenvalue weighted by molar-refractivity contribution is -0.126. The Morgan fingerprint density at radius 1 is 1.08 bits per heavy atom. The minimum absolute atomic E-state index is 0.0463. The Hall–Kier alpha value is -2.20. The maximum Gasteiger partial charge on any atom is 0.224 e.